The highest BCUT2D eigenvalue weighted by Gasteiger charge is 2.35. The summed E-state index contributed by atoms with van der Waals surface area (Å²) in [6.07, 6.45) is 4.70. The number of hydrogen-bond acceptors (Lipinski definition) is 5. The number of piperidine rings is 1. The number of likely N-dealkylation sites (tertiary alicyclic amines) is 1. The summed E-state index contributed by atoms with van der Waals surface area (Å²) >= 11 is 5.95. The molecule has 2 aliphatic rings. The molecule has 2 saturated heterocycles. The molecule has 0 aliphatic carbocycles. The van der Waals surface area contributed by atoms with Crippen molar-refractivity contribution in [2.24, 2.45) is 0 Å². The van der Waals surface area contributed by atoms with Gasteiger partial charge in [0.2, 0.25) is 5.91 Å². The fourth-order valence-electron chi connectivity index (χ4n) is 4.02. The Kier molecular flexibility index (Phi) is 5.40. The number of fused-ring (bicyclic) bond motifs is 1. The van der Waals surface area contributed by atoms with Gasteiger partial charge in [0.15, 0.2) is 0 Å². The van der Waals surface area contributed by atoms with E-state index in [9.17, 15) is 14.7 Å². The molecule has 1 unspecified atom stereocenters. The summed E-state index contributed by atoms with van der Waals surface area (Å²) in [4.78, 5) is 31.2. The molecule has 7 nitrogen and oxygen atoms in total. The number of rotatable bonds is 4. The van der Waals surface area contributed by atoms with E-state index < -0.39 is 5.60 Å². The highest BCUT2D eigenvalue weighted by Crippen LogP contribution is 2.26. The molecule has 1 aromatic carbocycles. The van der Waals surface area contributed by atoms with Gasteiger partial charge in [0, 0.05) is 24.7 Å². The van der Waals surface area contributed by atoms with Gasteiger partial charge in [0.25, 0.3) is 5.56 Å². The summed E-state index contributed by atoms with van der Waals surface area (Å²) < 4.78 is 6.98. The average Bonchev–Trinajstić information content (AvgIpc) is 3.17. The van der Waals surface area contributed by atoms with Crippen LogP contribution in [0.2, 0.25) is 5.02 Å². The predicted octanol–water partition coefficient (Wildman–Crippen LogP) is 1.97. The maximum absolute atomic E-state index is 12.7. The lowest BCUT2D eigenvalue weighted by molar-refractivity contribution is -0.138. The van der Waals surface area contributed by atoms with Gasteiger partial charge in [-0.05, 0) is 43.9 Å². The third-order valence-corrected chi connectivity index (χ3v) is 5.96. The SMILES string of the molecule is O=C(CC1CCCO1)N1CCC(O)(Cn2cnc3cc(Cl)ccc3c2=O)CC1. The molecule has 1 N–H and O–H groups in total. The van der Waals surface area contributed by atoms with Crippen LogP contribution in [-0.4, -0.2) is 56.9 Å². The van der Waals surface area contributed by atoms with Crippen molar-refractivity contribution in [2.45, 2.75) is 50.4 Å². The van der Waals surface area contributed by atoms with Gasteiger partial charge in [0.1, 0.15) is 0 Å². The maximum Gasteiger partial charge on any atom is 0.261 e. The zero-order valence-corrected chi connectivity index (χ0v) is 16.4. The van der Waals surface area contributed by atoms with Crippen molar-refractivity contribution in [1.29, 1.82) is 0 Å². The molecule has 3 heterocycles. The zero-order chi connectivity index (χ0) is 19.7. The lowest BCUT2D eigenvalue weighted by Crippen LogP contribution is -2.50. The van der Waals surface area contributed by atoms with Gasteiger partial charge >= 0.3 is 0 Å². The highest BCUT2D eigenvalue weighted by atomic mass is 35.5. The van der Waals surface area contributed by atoms with E-state index in [4.69, 9.17) is 16.3 Å². The Hall–Kier alpha value is -1.96. The van der Waals surface area contributed by atoms with Gasteiger partial charge in [-0.25, -0.2) is 4.98 Å². The third-order valence-electron chi connectivity index (χ3n) is 5.73. The molecular formula is C20H24ClN3O4. The fourth-order valence-corrected chi connectivity index (χ4v) is 4.19. The molecule has 2 fully saturated rings. The largest absolute Gasteiger partial charge is 0.388 e. The van der Waals surface area contributed by atoms with Crippen molar-refractivity contribution in [3.05, 3.63) is 39.9 Å². The van der Waals surface area contributed by atoms with Gasteiger partial charge in [-0.2, -0.15) is 0 Å². The van der Waals surface area contributed by atoms with Gasteiger partial charge in [-0.15, -0.1) is 0 Å². The van der Waals surface area contributed by atoms with Crippen molar-refractivity contribution >= 4 is 28.4 Å². The van der Waals surface area contributed by atoms with Crippen LogP contribution in [-0.2, 0) is 16.1 Å². The van der Waals surface area contributed by atoms with Crippen LogP contribution in [0, 0.1) is 0 Å². The fraction of sp³-hybridized carbons (Fsp3) is 0.550. The van der Waals surface area contributed by atoms with Crippen LogP contribution in [0.4, 0.5) is 0 Å². The van der Waals surface area contributed by atoms with E-state index in [1.54, 1.807) is 23.1 Å². The summed E-state index contributed by atoms with van der Waals surface area (Å²) in [5, 5.41) is 12.0. The number of ether oxygens (including phenoxy) is 1. The molecule has 150 valence electrons. The van der Waals surface area contributed by atoms with Crippen molar-refractivity contribution in [3.63, 3.8) is 0 Å². The number of benzene rings is 1. The molecule has 0 radical (unpaired) electrons. The van der Waals surface area contributed by atoms with E-state index in [1.165, 1.54) is 10.9 Å². The Labute approximate surface area is 167 Å². The summed E-state index contributed by atoms with van der Waals surface area (Å²) in [6, 6.07) is 4.96. The van der Waals surface area contributed by atoms with Gasteiger partial charge < -0.3 is 14.7 Å². The minimum absolute atomic E-state index is 0.0315. The van der Waals surface area contributed by atoms with Gasteiger partial charge in [0.05, 0.1) is 41.9 Å². The first-order valence-electron chi connectivity index (χ1n) is 9.70. The predicted molar refractivity (Wildman–Crippen MR) is 105 cm³/mol. The normalized spacial score (nSPS) is 21.9. The Balaban J connectivity index is 1.41. The van der Waals surface area contributed by atoms with Crippen LogP contribution < -0.4 is 5.56 Å². The van der Waals surface area contributed by atoms with Crippen LogP contribution in [0.1, 0.15) is 32.1 Å². The van der Waals surface area contributed by atoms with Crippen LogP contribution in [0.15, 0.2) is 29.3 Å². The quantitative estimate of drug-likeness (QED) is 0.840. The number of nitrogens with zero attached hydrogens (tertiary/aromatic N) is 3. The summed E-state index contributed by atoms with van der Waals surface area (Å²) in [5.74, 6) is 0.0790. The molecule has 2 aliphatic heterocycles. The molecule has 2 aromatic rings. The molecule has 0 spiro atoms. The van der Waals surface area contributed by atoms with Crippen molar-refractivity contribution in [3.8, 4) is 0 Å². The van der Waals surface area contributed by atoms with Crippen molar-refractivity contribution < 1.29 is 14.6 Å². The van der Waals surface area contributed by atoms with Gasteiger partial charge in [-0.1, -0.05) is 11.6 Å². The molecular weight excluding hydrogens is 382 g/mol. The molecule has 1 aromatic heterocycles. The molecule has 0 saturated carbocycles. The second-order valence-electron chi connectivity index (χ2n) is 7.78. The first-order valence-corrected chi connectivity index (χ1v) is 10.1. The van der Waals surface area contributed by atoms with Crippen LogP contribution in [0.5, 0.6) is 0 Å². The monoisotopic (exact) mass is 405 g/mol. The average molecular weight is 406 g/mol. The van der Waals surface area contributed by atoms with E-state index in [1.807, 2.05) is 0 Å². The molecule has 28 heavy (non-hydrogen) atoms. The number of halogens is 1. The summed E-state index contributed by atoms with van der Waals surface area (Å²) in [6.45, 7) is 1.85. The topological polar surface area (TPSA) is 84.7 Å². The smallest absolute Gasteiger partial charge is 0.261 e. The Morgan fingerprint density at radius 2 is 2.14 bits per heavy atom. The second kappa shape index (κ2) is 7.81. The summed E-state index contributed by atoms with van der Waals surface area (Å²) in [7, 11) is 0. The second-order valence-corrected chi connectivity index (χ2v) is 8.22. The number of aliphatic hydroxyl groups is 1. The zero-order valence-electron chi connectivity index (χ0n) is 15.6. The minimum Gasteiger partial charge on any atom is -0.388 e. The highest BCUT2D eigenvalue weighted by molar-refractivity contribution is 6.31. The van der Waals surface area contributed by atoms with E-state index >= 15 is 0 Å². The van der Waals surface area contributed by atoms with Crippen LogP contribution in [0.25, 0.3) is 10.9 Å². The van der Waals surface area contributed by atoms with Crippen LogP contribution >= 0.6 is 11.6 Å². The molecule has 1 amide bonds. The third kappa shape index (κ3) is 4.06. The lowest BCUT2D eigenvalue weighted by atomic mass is 9.91. The number of amides is 1. The number of aromatic nitrogens is 2. The Morgan fingerprint density at radius 3 is 2.86 bits per heavy atom. The number of carbonyl (C=O) groups excluding carboxylic acids is 1. The first kappa shape index (κ1) is 19.4. The van der Waals surface area contributed by atoms with Crippen molar-refractivity contribution in [1.82, 2.24) is 14.5 Å². The van der Waals surface area contributed by atoms with E-state index in [0.717, 1.165) is 19.4 Å². The van der Waals surface area contributed by atoms with Crippen molar-refractivity contribution in [2.75, 3.05) is 19.7 Å². The summed E-state index contributed by atoms with van der Waals surface area (Å²) in [5.41, 5.74) is -0.700. The minimum atomic E-state index is -1.04. The lowest BCUT2D eigenvalue weighted by Gasteiger charge is -2.38. The van der Waals surface area contributed by atoms with E-state index in [0.29, 0.717) is 48.3 Å². The van der Waals surface area contributed by atoms with Gasteiger partial charge in [-0.3, -0.25) is 14.2 Å². The number of carbonyl (C=O) groups is 1. The molecule has 0 bridgehead atoms. The molecule has 8 heteroatoms. The molecule has 1 atom stereocenters. The van der Waals surface area contributed by atoms with E-state index in [2.05, 4.69) is 4.98 Å². The molecule has 4 rings (SSSR count). The first-order chi connectivity index (χ1) is 13.4. The Morgan fingerprint density at radius 1 is 1.36 bits per heavy atom. The standard InChI is InChI=1S/C20H24ClN3O4/c21-14-3-4-16-17(10-14)22-13-24(19(16)26)12-20(27)5-7-23(8-6-20)18(25)11-15-2-1-9-28-15/h3-4,10,13,15,27H,1-2,5-9,11-12H2. The van der Waals surface area contributed by atoms with E-state index in [-0.39, 0.29) is 24.1 Å². The van der Waals surface area contributed by atoms with Crippen LogP contribution in [0.3, 0.4) is 0 Å². The maximum atomic E-state index is 12.7. The Bertz CT molecular complexity index is 931. The number of hydrogen-bond donors (Lipinski definition) is 1.